The Balaban J connectivity index is 1.38. The van der Waals surface area contributed by atoms with Gasteiger partial charge >= 0.3 is 6.03 Å². The van der Waals surface area contributed by atoms with Gasteiger partial charge in [-0.1, -0.05) is 49.6 Å². The van der Waals surface area contributed by atoms with Crippen LogP contribution in [0, 0.1) is 0 Å². The maximum Gasteiger partial charge on any atom is 0.314 e. The largest absolute Gasteiger partial charge is 0.338 e. The first-order chi connectivity index (χ1) is 12.3. The normalized spacial score (nSPS) is 20.3. The summed E-state index contributed by atoms with van der Waals surface area (Å²) < 4.78 is 0. The first kappa shape index (κ1) is 18.2. The Morgan fingerprint density at radius 2 is 1.68 bits per heavy atom. The van der Waals surface area contributed by atoms with Crippen LogP contribution >= 0.6 is 0 Å². The van der Waals surface area contributed by atoms with E-state index in [1.54, 1.807) is 0 Å². The Hall–Kier alpha value is -1.55. The van der Waals surface area contributed by atoms with Crippen LogP contribution in [-0.2, 0) is 5.41 Å². The van der Waals surface area contributed by atoms with Gasteiger partial charge in [0.25, 0.3) is 0 Å². The minimum Gasteiger partial charge on any atom is -0.338 e. The molecule has 25 heavy (non-hydrogen) atoms. The molecule has 4 heteroatoms. The van der Waals surface area contributed by atoms with E-state index in [2.05, 4.69) is 45.9 Å². The lowest BCUT2D eigenvalue weighted by atomic mass is 9.79. The third kappa shape index (κ3) is 5.21. The fraction of sp³-hybridized carbons (Fsp3) is 0.667. The summed E-state index contributed by atoms with van der Waals surface area (Å²) in [5, 5.41) is 6.18. The topological polar surface area (TPSA) is 44.4 Å². The molecular weight excluding hydrogens is 310 g/mol. The molecule has 2 N–H and O–H groups in total. The molecule has 2 fully saturated rings. The number of urea groups is 1. The molecule has 4 nitrogen and oxygen atoms in total. The van der Waals surface area contributed by atoms with E-state index in [1.165, 1.54) is 63.6 Å². The second kappa shape index (κ2) is 9.23. The van der Waals surface area contributed by atoms with E-state index in [4.69, 9.17) is 0 Å². The van der Waals surface area contributed by atoms with Crippen LogP contribution in [0.3, 0.4) is 0 Å². The standard InChI is InChI=1S/C21H33N3O/c25-20(22-14-9-17-24-15-7-2-8-16-24)23-18-21(12-5-6-13-21)19-10-3-1-4-11-19/h1,3-4,10-11H,2,5-9,12-18H2,(H2,22,23,25). The highest BCUT2D eigenvalue weighted by atomic mass is 16.2. The number of amides is 2. The van der Waals surface area contributed by atoms with Crippen LogP contribution in [0.1, 0.15) is 56.9 Å². The average Bonchev–Trinajstić information content (AvgIpc) is 3.15. The zero-order valence-electron chi connectivity index (χ0n) is 15.4. The van der Waals surface area contributed by atoms with Gasteiger partial charge < -0.3 is 15.5 Å². The third-order valence-corrected chi connectivity index (χ3v) is 5.92. The highest BCUT2D eigenvalue weighted by molar-refractivity contribution is 5.73. The van der Waals surface area contributed by atoms with Crippen molar-refractivity contribution in [1.82, 2.24) is 15.5 Å². The Morgan fingerprint density at radius 3 is 2.40 bits per heavy atom. The zero-order chi connectivity index (χ0) is 17.4. The van der Waals surface area contributed by atoms with Gasteiger partial charge in [0, 0.05) is 18.5 Å². The summed E-state index contributed by atoms with van der Waals surface area (Å²) in [6, 6.07) is 10.7. The molecule has 0 radical (unpaired) electrons. The number of hydrogen-bond acceptors (Lipinski definition) is 2. The molecule has 1 aromatic carbocycles. The van der Waals surface area contributed by atoms with Crippen molar-refractivity contribution in [3.05, 3.63) is 35.9 Å². The van der Waals surface area contributed by atoms with E-state index in [9.17, 15) is 4.79 Å². The predicted molar refractivity (Wildman–Crippen MR) is 103 cm³/mol. The van der Waals surface area contributed by atoms with Crippen LogP contribution in [0.5, 0.6) is 0 Å². The highest BCUT2D eigenvalue weighted by Crippen LogP contribution is 2.40. The minimum absolute atomic E-state index is 0.0131. The lowest BCUT2D eigenvalue weighted by Gasteiger charge is -2.30. The maximum atomic E-state index is 12.2. The highest BCUT2D eigenvalue weighted by Gasteiger charge is 2.35. The zero-order valence-corrected chi connectivity index (χ0v) is 15.4. The van der Waals surface area contributed by atoms with Crippen molar-refractivity contribution < 1.29 is 4.79 Å². The number of rotatable bonds is 7. The first-order valence-electron chi connectivity index (χ1n) is 10.1. The van der Waals surface area contributed by atoms with Gasteiger partial charge in [0.2, 0.25) is 0 Å². The van der Waals surface area contributed by atoms with Gasteiger partial charge in [-0.2, -0.15) is 0 Å². The number of carbonyl (C=O) groups is 1. The van der Waals surface area contributed by atoms with Crippen molar-refractivity contribution in [3.63, 3.8) is 0 Å². The Bertz CT molecular complexity index is 519. The molecule has 1 saturated carbocycles. The van der Waals surface area contributed by atoms with Crippen LogP contribution < -0.4 is 10.6 Å². The van der Waals surface area contributed by atoms with E-state index < -0.39 is 0 Å². The Kier molecular flexibility index (Phi) is 6.74. The van der Waals surface area contributed by atoms with Gasteiger partial charge in [0.05, 0.1) is 0 Å². The molecule has 0 bridgehead atoms. The molecule has 0 aromatic heterocycles. The van der Waals surface area contributed by atoms with Gasteiger partial charge in [0.1, 0.15) is 0 Å². The molecule has 138 valence electrons. The van der Waals surface area contributed by atoms with E-state index in [0.29, 0.717) is 0 Å². The van der Waals surface area contributed by atoms with Crippen molar-refractivity contribution in [3.8, 4) is 0 Å². The molecule has 3 rings (SSSR count). The molecule has 2 amide bonds. The van der Waals surface area contributed by atoms with Gasteiger partial charge in [-0.15, -0.1) is 0 Å². The van der Waals surface area contributed by atoms with Gasteiger partial charge in [-0.05, 0) is 57.3 Å². The van der Waals surface area contributed by atoms with E-state index in [-0.39, 0.29) is 11.4 Å². The van der Waals surface area contributed by atoms with Crippen molar-refractivity contribution in [1.29, 1.82) is 0 Å². The summed E-state index contributed by atoms with van der Waals surface area (Å²) in [5.41, 5.74) is 1.50. The maximum absolute atomic E-state index is 12.2. The smallest absolute Gasteiger partial charge is 0.314 e. The van der Waals surface area contributed by atoms with E-state index in [0.717, 1.165) is 26.1 Å². The molecular formula is C21H33N3O. The molecule has 1 saturated heterocycles. The lowest BCUT2D eigenvalue weighted by molar-refractivity contribution is 0.221. The molecule has 1 aliphatic carbocycles. The predicted octanol–water partition coefficient (Wildman–Crippen LogP) is 3.67. The second-order valence-electron chi connectivity index (χ2n) is 7.72. The van der Waals surface area contributed by atoms with Crippen molar-refractivity contribution >= 4 is 6.03 Å². The summed E-state index contributed by atoms with van der Waals surface area (Å²) in [4.78, 5) is 14.7. The fourth-order valence-corrected chi connectivity index (χ4v) is 4.41. The van der Waals surface area contributed by atoms with Crippen LogP contribution in [0.4, 0.5) is 4.79 Å². The lowest BCUT2D eigenvalue weighted by Crippen LogP contribution is -2.44. The molecule has 0 atom stereocenters. The minimum atomic E-state index is -0.0131. The summed E-state index contributed by atoms with van der Waals surface area (Å²) >= 11 is 0. The fourth-order valence-electron chi connectivity index (χ4n) is 4.41. The van der Waals surface area contributed by atoms with Crippen LogP contribution in [0.15, 0.2) is 30.3 Å². The van der Waals surface area contributed by atoms with E-state index in [1.807, 2.05) is 0 Å². The van der Waals surface area contributed by atoms with E-state index >= 15 is 0 Å². The van der Waals surface area contributed by atoms with Crippen molar-refractivity contribution in [2.45, 2.75) is 56.8 Å². The number of carbonyl (C=O) groups excluding carboxylic acids is 1. The molecule has 1 heterocycles. The van der Waals surface area contributed by atoms with Crippen LogP contribution in [0.25, 0.3) is 0 Å². The van der Waals surface area contributed by atoms with Crippen LogP contribution in [0.2, 0.25) is 0 Å². The summed E-state index contributed by atoms with van der Waals surface area (Å²) in [6.45, 7) is 5.07. The Labute approximate surface area is 152 Å². The number of likely N-dealkylation sites (tertiary alicyclic amines) is 1. The molecule has 1 aliphatic heterocycles. The summed E-state index contributed by atoms with van der Waals surface area (Å²) in [6.07, 6.45) is 9.93. The number of nitrogens with zero attached hydrogens (tertiary/aromatic N) is 1. The average molecular weight is 344 g/mol. The SMILES string of the molecule is O=C(NCCCN1CCCCC1)NCC1(c2ccccc2)CCCC1. The van der Waals surface area contributed by atoms with Crippen molar-refractivity contribution in [2.75, 3.05) is 32.7 Å². The van der Waals surface area contributed by atoms with Crippen molar-refractivity contribution in [2.24, 2.45) is 0 Å². The summed E-state index contributed by atoms with van der Waals surface area (Å²) in [5.74, 6) is 0. The first-order valence-corrected chi connectivity index (χ1v) is 10.1. The molecule has 2 aliphatic rings. The quantitative estimate of drug-likeness (QED) is 0.742. The van der Waals surface area contributed by atoms with Gasteiger partial charge in [-0.3, -0.25) is 0 Å². The number of benzene rings is 1. The number of piperidine rings is 1. The number of hydrogen-bond donors (Lipinski definition) is 2. The molecule has 0 spiro atoms. The van der Waals surface area contributed by atoms with Gasteiger partial charge in [-0.25, -0.2) is 4.79 Å². The van der Waals surface area contributed by atoms with Gasteiger partial charge in [0.15, 0.2) is 0 Å². The molecule has 1 aromatic rings. The number of nitrogens with one attached hydrogen (secondary N) is 2. The third-order valence-electron chi connectivity index (χ3n) is 5.92. The summed E-state index contributed by atoms with van der Waals surface area (Å²) in [7, 11) is 0. The van der Waals surface area contributed by atoms with Crippen LogP contribution in [-0.4, -0.2) is 43.7 Å². The second-order valence-corrected chi connectivity index (χ2v) is 7.72. The molecule has 0 unspecified atom stereocenters. The monoisotopic (exact) mass is 343 g/mol. The Morgan fingerprint density at radius 1 is 0.960 bits per heavy atom.